The minimum absolute atomic E-state index is 0.157. The van der Waals surface area contributed by atoms with Crippen LogP contribution in [0, 0.1) is 40.4 Å². The quantitative estimate of drug-likeness (QED) is 0.674. The van der Waals surface area contributed by atoms with E-state index in [1.54, 1.807) is 0 Å². The summed E-state index contributed by atoms with van der Waals surface area (Å²) in [4.78, 5) is 0. The third-order valence-corrected chi connectivity index (χ3v) is 10.7. The van der Waals surface area contributed by atoms with Crippen LogP contribution in [0.15, 0.2) is 0 Å². The van der Waals surface area contributed by atoms with Crippen LogP contribution in [0.4, 0.5) is 0 Å². The normalized spacial score (nSPS) is 50.9. The van der Waals surface area contributed by atoms with E-state index >= 15 is 0 Å². The molecule has 4 nitrogen and oxygen atoms in total. The predicted octanol–water partition coefficient (Wildman–Crippen LogP) is 4.52. The Morgan fingerprint density at radius 1 is 0.897 bits per heavy atom. The van der Waals surface area contributed by atoms with Gasteiger partial charge in [-0.1, -0.05) is 20.3 Å². The van der Waals surface area contributed by atoms with Crippen molar-refractivity contribution >= 4 is 0 Å². The summed E-state index contributed by atoms with van der Waals surface area (Å²) in [5, 5.41) is 20.6. The number of aliphatic hydroxyl groups is 2. The Hall–Kier alpha value is -0.160. The second-order valence-corrected chi connectivity index (χ2v) is 11.6. The fourth-order valence-electron chi connectivity index (χ4n) is 9.01. The van der Waals surface area contributed by atoms with Crippen molar-refractivity contribution in [2.45, 2.75) is 96.4 Å². The van der Waals surface area contributed by atoms with Crippen molar-refractivity contribution in [3.63, 3.8) is 0 Å². The molecule has 0 aromatic carbocycles. The van der Waals surface area contributed by atoms with Crippen molar-refractivity contribution in [1.82, 2.24) is 0 Å². The van der Waals surface area contributed by atoms with Crippen molar-refractivity contribution in [3.8, 4) is 0 Å². The molecule has 5 rings (SSSR count). The van der Waals surface area contributed by atoms with Crippen LogP contribution in [0.2, 0.25) is 0 Å². The van der Waals surface area contributed by atoms with Crippen molar-refractivity contribution in [2.75, 3.05) is 19.8 Å². The molecule has 166 valence electrons. The summed E-state index contributed by atoms with van der Waals surface area (Å²) in [6.07, 6.45) is 12.6. The van der Waals surface area contributed by atoms with E-state index in [9.17, 15) is 10.2 Å². The second-order valence-electron chi connectivity index (χ2n) is 11.6. The van der Waals surface area contributed by atoms with Gasteiger partial charge in [0.15, 0.2) is 5.79 Å². The summed E-state index contributed by atoms with van der Waals surface area (Å²) in [6.45, 7) is 6.87. The van der Waals surface area contributed by atoms with E-state index in [4.69, 9.17) is 9.47 Å². The van der Waals surface area contributed by atoms with Crippen LogP contribution in [0.3, 0.4) is 0 Å². The number of fused-ring (bicyclic) bond motifs is 5. The predicted molar refractivity (Wildman–Crippen MR) is 112 cm³/mol. The fraction of sp³-hybridized carbons (Fsp3) is 1.00. The summed E-state index contributed by atoms with van der Waals surface area (Å²) < 4.78 is 12.1. The highest BCUT2D eigenvalue weighted by molar-refractivity contribution is 5.12. The Labute approximate surface area is 176 Å². The number of ether oxygens (including phenoxy) is 2. The lowest BCUT2D eigenvalue weighted by Gasteiger charge is -2.63. The highest BCUT2D eigenvalue weighted by Crippen LogP contribution is 2.68. The van der Waals surface area contributed by atoms with Crippen LogP contribution < -0.4 is 0 Å². The van der Waals surface area contributed by atoms with Crippen LogP contribution in [0.1, 0.15) is 84.5 Å². The molecule has 1 aliphatic heterocycles. The maximum atomic E-state index is 11.4. The molecule has 29 heavy (non-hydrogen) atoms. The molecule has 5 fully saturated rings. The Morgan fingerprint density at radius 3 is 2.41 bits per heavy atom. The Balaban J connectivity index is 1.35. The van der Waals surface area contributed by atoms with E-state index < -0.39 is 0 Å². The van der Waals surface area contributed by atoms with Gasteiger partial charge in [-0.15, -0.1) is 0 Å². The van der Waals surface area contributed by atoms with Crippen LogP contribution in [-0.4, -0.2) is 41.9 Å². The first kappa shape index (κ1) is 20.7. The molecule has 0 amide bonds. The molecule has 5 aliphatic rings. The van der Waals surface area contributed by atoms with Crippen LogP contribution in [-0.2, 0) is 9.47 Å². The average Bonchev–Trinajstić information content (AvgIpc) is 3.28. The second kappa shape index (κ2) is 7.46. The molecule has 7 unspecified atom stereocenters. The average molecular weight is 407 g/mol. The summed E-state index contributed by atoms with van der Waals surface area (Å²) in [5.41, 5.74) is 0.731. The third kappa shape index (κ3) is 3.15. The van der Waals surface area contributed by atoms with Gasteiger partial charge >= 0.3 is 0 Å². The number of hydrogen-bond acceptors (Lipinski definition) is 4. The fourth-order valence-corrected chi connectivity index (χ4v) is 9.01. The maximum Gasteiger partial charge on any atom is 0.168 e. The van der Waals surface area contributed by atoms with E-state index in [0.29, 0.717) is 41.1 Å². The van der Waals surface area contributed by atoms with Crippen LogP contribution in [0.25, 0.3) is 0 Å². The van der Waals surface area contributed by atoms with Gasteiger partial charge < -0.3 is 19.7 Å². The van der Waals surface area contributed by atoms with Crippen molar-refractivity contribution in [3.05, 3.63) is 0 Å². The molecule has 0 radical (unpaired) electrons. The molecule has 1 heterocycles. The van der Waals surface area contributed by atoms with E-state index in [2.05, 4.69) is 13.8 Å². The third-order valence-electron chi connectivity index (χ3n) is 10.7. The molecule has 1 spiro atoms. The Kier molecular flexibility index (Phi) is 5.33. The van der Waals surface area contributed by atoms with Crippen molar-refractivity contribution in [1.29, 1.82) is 0 Å². The standard InChI is InChI=1S/C25H42O4/c1-23-9-8-20-22(19(23)7-6-17(23)5-3-4-12-26)21(27)15-18-16-25(28-13-14-29-25)11-10-24(18,20)2/h17-22,26-27H,3-16H2,1-2H3/t17?,18-,19?,20?,21?,22?,23?,24?/m0/s1. The summed E-state index contributed by atoms with van der Waals surface area (Å²) in [7, 11) is 0. The maximum absolute atomic E-state index is 11.4. The van der Waals surface area contributed by atoms with Crippen LogP contribution in [0.5, 0.6) is 0 Å². The van der Waals surface area contributed by atoms with Gasteiger partial charge in [0.05, 0.1) is 19.3 Å². The SMILES string of the molecule is CC12CCC3C(C(O)C[C@H]4CC5(CCC34C)OCCO5)C1CCC2CCCCO. The topological polar surface area (TPSA) is 58.9 Å². The van der Waals surface area contributed by atoms with E-state index in [-0.39, 0.29) is 11.9 Å². The first-order valence-electron chi connectivity index (χ1n) is 12.5. The smallest absolute Gasteiger partial charge is 0.168 e. The highest BCUT2D eigenvalue weighted by atomic mass is 16.7. The van der Waals surface area contributed by atoms with Crippen molar-refractivity contribution < 1.29 is 19.7 Å². The van der Waals surface area contributed by atoms with Gasteiger partial charge in [-0.05, 0) is 91.8 Å². The molecular formula is C25H42O4. The monoisotopic (exact) mass is 406 g/mol. The van der Waals surface area contributed by atoms with Gasteiger partial charge in [0.1, 0.15) is 0 Å². The Morgan fingerprint density at radius 2 is 1.66 bits per heavy atom. The first-order chi connectivity index (χ1) is 13.9. The molecule has 1 saturated heterocycles. The van der Waals surface area contributed by atoms with E-state index in [1.165, 1.54) is 38.5 Å². The van der Waals surface area contributed by atoms with Crippen LogP contribution >= 0.6 is 0 Å². The zero-order valence-corrected chi connectivity index (χ0v) is 18.6. The van der Waals surface area contributed by atoms with E-state index in [0.717, 1.165) is 51.2 Å². The summed E-state index contributed by atoms with van der Waals surface area (Å²) in [5.74, 6) is 2.79. The minimum Gasteiger partial charge on any atom is -0.396 e. The molecule has 0 aromatic heterocycles. The number of unbranched alkanes of at least 4 members (excludes halogenated alkanes) is 1. The lowest BCUT2D eigenvalue weighted by atomic mass is 9.43. The zero-order chi connectivity index (χ0) is 20.3. The first-order valence-corrected chi connectivity index (χ1v) is 12.5. The van der Waals surface area contributed by atoms with Gasteiger partial charge in [-0.3, -0.25) is 0 Å². The number of hydrogen-bond donors (Lipinski definition) is 2. The highest BCUT2D eigenvalue weighted by Gasteiger charge is 2.64. The molecule has 8 atom stereocenters. The molecule has 0 aromatic rings. The van der Waals surface area contributed by atoms with Crippen molar-refractivity contribution in [2.24, 2.45) is 40.4 Å². The molecular weight excluding hydrogens is 364 g/mol. The summed E-state index contributed by atoms with van der Waals surface area (Å²) in [6, 6.07) is 0. The summed E-state index contributed by atoms with van der Waals surface area (Å²) >= 11 is 0. The molecule has 2 N–H and O–H groups in total. The lowest BCUT2D eigenvalue weighted by molar-refractivity contribution is -0.242. The number of aliphatic hydroxyl groups excluding tert-OH is 2. The Bertz CT molecular complexity index is 602. The zero-order valence-electron chi connectivity index (χ0n) is 18.6. The van der Waals surface area contributed by atoms with E-state index in [1.807, 2.05) is 0 Å². The van der Waals surface area contributed by atoms with Gasteiger partial charge in [0.25, 0.3) is 0 Å². The minimum atomic E-state index is -0.342. The molecule has 4 aliphatic carbocycles. The number of rotatable bonds is 4. The lowest BCUT2D eigenvalue weighted by Crippen LogP contribution is -2.60. The molecule has 4 heteroatoms. The van der Waals surface area contributed by atoms with Gasteiger partial charge in [0.2, 0.25) is 0 Å². The van der Waals surface area contributed by atoms with Gasteiger partial charge in [0, 0.05) is 19.4 Å². The van der Waals surface area contributed by atoms with Gasteiger partial charge in [-0.25, -0.2) is 0 Å². The molecule has 4 saturated carbocycles. The largest absolute Gasteiger partial charge is 0.396 e. The molecule has 0 bridgehead atoms. The van der Waals surface area contributed by atoms with Gasteiger partial charge in [-0.2, -0.15) is 0 Å².